The Hall–Kier alpha value is -7.68. The standard InChI is InChI=1S/C44H24N6O2/c1-46-35-21-23-48-26-34(35)31-14-8-18-38-41(31)40-30(33-25-47-22-20-28(33)24-45)13-7-17-37(40)49(38)39-19-9-15-32-42(39)44(52)50(43(32)51)36-16-6-5-12-29(36)27-10-3-2-4-11-27/h2-23,25-26H. The molecular formula is C44H24N6O2. The molecule has 8 heteroatoms. The summed E-state index contributed by atoms with van der Waals surface area (Å²) in [6.07, 6.45) is 6.55. The molecule has 0 unspecified atom stereocenters. The van der Waals surface area contributed by atoms with E-state index < -0.39 is 11.8 Å². The Morgan fingerprint density at radius 1 is 0.577 bits per heavy atom. The van der Waals surface area contributed by atoms with E-state index in [9.17, 15) is 14.9 Å². The second-order valence-corrected chi connectivity index (χ2v) is 12.3. The lowest BCUT2D eigenvalue weighted by Crippen LogP contribution is -2.30. The number of para-hydroxylation sites is 1. The van der Waals surface area contributed by atoms with Gasteiger partial charge in [-0.3, -0.25) is 19.6 Å². The lowest BCUT2D eigenvalue weighted by molar-refractivity contribution is 0.0926. The van der Waals surface area contributed by atoms with Crippen LogP contribution in [0.4, 0.5) is 11.4 Å². The average Bonchev–Trinajstić information content (AvgIpc) is 3.68. The summed E-state index contributed by atoms with van der Waals surface area (Å²) in [4.78, 5) is 42.8. The second kappa shape index (κ2) is 12.0. The number of pyridine rings is 2. The number of rotatable bonds is 5. The summed E-state index contributed by atoms with van der Waals surface area (Å²) in [5.41, 5.74) is 8.50. The Labute approximate surface area is 297 Å². The van der Waals surface area contributed by atoms with Crippen molar-refractivity contribution in [1.82, 2.24) is 14.5 Å². The zero-order chi connectivity index (χ0) is 35.3. The van der Waals surface area contributed by atoms with Gasteiger partial charge in [0.1, 0.15) is 0 Å². The van der Waals surface area contributed by atoms with Crippen molar-refractivity contribution in [2.45, 2.75) is 0 Å². The predicted octanol–water partition coefficient (Wildman–Crippen LogP) is 9.80. The predicted molar refractivity (Wildman–Crippen MR) is 201 cm³/mol. The molecule has 8 nitrogen and oxygen atoms in total. The highest BCUT2D eigenvalue weighted by Gasteiger charge is 2.40. The van der Waals surface area contributed by atoms with Crippen LogP contribution in [0.15, 0.2) is 146 Å². The highest BCUT2D eigenvalue weighted by molar-refractivity contribution is 6.36. The molecule has 0 aliphatic carbocycles. The normalized spacial score (nSPS) is 12.2. The van der Waals surface area contributed by atoms with Crippen molar-refractivity contribution in [2.24, 2.45) is 0 Å². The highest BCUT2D eigenvalue weighted by atomic mass is 16.2. The number of nitriles is 1. The second-order valence-electron chi connectivity index (χ2n) is 12.3. The quantitative estimate of drug-likeness (QED) is 0.134. The third-order valence-electron chi connectivity index (χ3n) is 9.62. The van der Waals surface area contributed by atoms with Gasteiger partial charge >= 0.3 is 0 Å². The van der Waals surface area contributed by atoms with Crippen LogP contribution in [-0.4, -0.2) is 26.3 Å². The Bertz CT molecular complexity index is 2760. The maximum atomic E-state index is 14.7. The first-order valence-corrected chi connectivity index (χ1v) is 16.5. The number of imide groups is 1. The number of carbonyl (C=O) groups excluding carboxylic acids is 2. The number of carbonyl (C=O) groups is 2. The molecule has 2 amide bonds. The number of hydrogen-bond acceptors (Lipinski definition) is 5. The molecule has 52 heavy (non-hydrogen) atoms. The molecule has 3 aromatic heterocycles. The first-order valence-electron chi connectivity index (χ1n) is 16.5. The van der Waals surface area contributed by atoms with Gasteiger partial charge in [0, 0.05) is 52.3 Å². The van der Waals surface area contributed by atoms with Gasteiger partial charge in [-0.25, -0.2) is 9.74 Å². The van der Waals surface area contributed by atoms with Gasteiger partial charge < -0.3 is 4.57 Å². The summed E-state index contributed by atoms with van der Waals surface area (Å²) in [7, 11) is 0. The summed E-state index contributed by atoms with van der Waals surface area (Å²) >= 11 is 0. The fourth-order valence-corrected chi connectivity index (χ4v) is 7.42. The van der Waals surface area contributed by atoms with Crippen molar-refractivity contribution in [3.05, 3.63) is 174 Å². The molecule has 0 spiro atoms. The fourth-order valence-electron chi connectivity index (χ4n) is 7.42. The van der Waals surface area contributed by atoms with Crippen molar-refractivity contribution < 1.29 is 9.59 Å². The number of fused-ring (bicyclic) bond motifs is 4. The Balaban J connectivity index is 1.35. The number of nitrogens with zero attached hydrogens (tertiary/aromatic N) is 6. The van der Waals surface area contributed by atoms with E-state index in [0.717, 1.165) is 44.1 Å². The lowest BCUT2D eigenvalue weighted by atomic mass is 9.94. The van der Waals surface area contributed by atoms with Gasteiger partial charge in [-0.15, -0.1) is 0 Å². The van der Waals surface area contributed by atoms with Crippen LogP contribution in [0, 0.1) is 17.9 Å². The maximum Gasteiger partial charge on any atom is 0.268 e. The largest absolute Gasteiger partial charge is 0.308 e. The molecule has 242 valence electrons. The van der Waals surface area contributed by atoms with E-state index in [0.29, 0.717) is 39.3 Å². The Morgan fingerprint density at radius 3 is 1.90 bits per heavy atom. The summed E-state index contributed by atoms with van der Waals surface area (Å²) in [6.45, 7) is 7.93. The monoisotopic (exact) mass is 668 g/mol. The molecule has 0 saturated carbocycles. The number of amides is 2. The van der Waals surface area contributed by atoms with Gasteiger partial charge in [0.25, 0.3) is 11.8 Å². The van der Waals surface area contributed by atoms with Crippen LogP contribution in [0.2, 0.25) is 0 Å². The van der Waals surface area contributed by atoms with Gasteiger partial charge in [-0.2, -0.15) is 5.26 Å². The minimum atomic E-state index is -0.428. The number of hydrogen-bond donors (Lipinski definition) is 0. The minimum absolute atomic E-state index is 0.285. The van der Waals surface area contributed by atoms with Gasteiger partial charge in [0.2, 0.25) is 0 Å². The molecule has 0 atom stereocenters. The smallest absolute Gasteiger partial charge is 0.268 e. The molecule has 0 bridgehead atoms. The molecular weight excluding hydrogens is 645 g/mol. The van der Waals surface area contributed by atoms with Crippen LogP contribution >= 0.6 is 0 Å². The first kappa shape index (κ1) is 30.4. The van der Waals surface area contributed by atoms with Crippen molar-refractivity contribution >= 4 is 45.0 Å². The van der Waals surface area contributed by atoms with E-state index >= 15 is 0 Å². The van der Waals surface area contributed by atoms with E-state index in [-0.39, 0.29) is 5.56 Å². The Morgan fingerprint density at radius 2 is 1.17 bits per heavy atom. The first-order chi connectivity index (χ1) is 25.6. The van der Waals surface area contributed by atoms with Crippen molar-refractivity contribution in [1.29, 1.82) is 5.26 Å². The molecule has 5 aromatic carbocycles. The van der Waals surface area contributed by atoms with E-state index in [4.69, 9.17) is 6.57 Å². The SMILES string of the molecule is [C-]#[N+]c1ccncc1-c1cccc2c1c1c(-c3cnccc3C#N)cccc1n2-c1cccc2c1C(=O)N(c1ccccc1-c1ccccc1)C2=O. The van der Waals surface area contributed by atoms with Crippen LogP contribution in [0.5, 0.6) is 0 Å². The van der Waals surface area contributed by atoms with E-state index in [1.165, 1.54) is 4.90 Å². The molecule has 8 aromatic rings. The molecule has 0 fully saturated rings. The lowest BCUT2D eigenvalue weighted by Gasteiger charge is -2.18. The molecule has 1 aliphatic heterocycles. The molecule has 0 radical (unpaired) electrons. The van der Waals surface area contributed by atoms with Crippen LogP contribution < -0.4 is 4.90 Å². The molecule has 9 rings (SSSR count). The summed E-state index contributed by atoms with van der Waals surface area (Å²) in [5, 5.41) is 11.7. The zero-order valence-electron chi connectivity index (χ0n) is 27.4. The molecule has 4 heterocycles. The van der Waals surface area contributed by atoms with E-state index in [1.54, 1.807) is 55.1 Å². The molecule has 1 aliphatic rings. The zero-order valence-corrected chi connectivity index (χ0v) is 27.4. The number of aromatic nitrogens is 3. The van der Waals surface area contributed by atoms with Crippen LogP contribution in [-0.2, 0) is 0 Å². The number of anilines is 1. The summed E-state index contributed by atoms with van der Waals surface area (Å²) in [5.74, 6) is -0.832. The van der Waals surface area contributed by atoms with Crippen LogP contribution in [0.1, 0.15) is 26.3 Å². The van der Waals surface area contributed by atoms with Crippen molar-refractivity contribution in [2.75, 3.05) is 4.90 Å². The third kappa shape index (κ3) is 4.46. The average molecular weight is 669 g/mol. The van der Waals surface area contributed by atoms with Gasteiger partial charge in [-0.1, -0.05) is 78.9 Å². The number of benzene rings is 5. The summed E-state index contributed by atoms with van der Waals surface area (Å²) < 4.78 is 2.00. The van der Waals surface area contributed by atoms with Gasteiger partial charge in [-0.05, 0) is 59.2 Å². The van der Waals surface area contributed by atoms with Gasteiger partial charge in [0.15, 0.2) is 5.69 Å². The fraction of sp³-hybridized carbons (Fsp3) is 0. The topological polar surface area (TPSA) is 96.2 Å². The van der Waals surface area contributed by atoms with Crippen LogP contribution in [0.25, 0.3) is 65.7 Å². The molecule has 0 N–H and O–H groups in total. The van der Waals surface area contributed by atoms with E-state index in [2.05, 4.69) is 20.9 Å². The molecule has 0 saturated heterocycles. The van der Waals surface area contributed by atoms with Gasteiger partial charge in [0.05, 0.1) is 51.7 Å². The minimum Gasteiger partial charge on any atom is -0.308 e. The third-order valence-corrected chi connectivity index (χ3v) is 9.62. The highest BCUT2D eigenvalue weighted by Crippen LogP contribution is 2.46. The maximum absolute atomic E-state index is 14.7. The van der Waals surface area contributed by atoms with Crippen molar-refractivity contribution in [3.63, 3.8) is 0 Å². The van der Waals surface area contributed by atoms with Crippen LogP contribution in [0.3, 0.4) is 0 Å². The van der Waals surface area contributed by atoms with Crippen molar-refractivity contribution in [3.8, 4) is 45.1 Å². The van der Waals surface area contributed by atoms with E-state index in [1.807, 2.05) is 95.6 Å². The summed E-state index contributed by atoms with van der Waals surface area (Å²) in [6, 6.07) is 39.8. The Kier molecular flexibility index (Phi) is 7.03.